The Bertz CT molecular complexity index is 761. The second-order valence-corrected chi connectivity index (χ2v) is 6.71. The summed E-state index contributed by atoms with van der Waals surface area (Å²) in [5, 5.41) is 5.60. The van der Waals surface area contributed by atoms with Crippen molar-refractivity contribution >= 4 is 35.6 Å². The van der Waals surface area contributed by atoms with Gasteiger partial charge in [0, 0.05) is 16.9 Å². The quantitative estimate of drug-likeness (QED) is 0.617. The second kappa shape index (κ2) is 11.3. The summed E-state index contributed by atoms with van der Waals surface area (Å²) in [4.78, 5) is 24.4. The third-order valence-corrected chi connectivity index (χ3v) is 3.90. The maximum atomic E-state index is 12.3. The molecular weight excluding hydrogens is 378 g/mol. The Balaban J connectivity index is 0.00000392. The van der Waals surface area contributed by atoms with Gasteiger partial charge in [0.1, 0.15) is 5.75 Å². The van der Waals surface area contributed by atoms with Crippen LogP contribution in [0, 0.1) is 5.92 Å². The number of amides is 2. The van der Waals surface area contributed by atoms with E-state index in [1.54, 1.807) is 48.5 Å². The fourth-order valence-electron chi connectivity index (χ4n) is 2.56. The molecule has 0 radical (unpaired) electrons. The van der Waals surface area contributed by atoms with Gasteiger partial charge in [0.15, 0.2) is 0 Å². The average Bonchev–Trinajstić information content (AvgIpc) is 2.63. The van der Waals surface area contributed by atoms with E-state index in [0.29, 0.717) is 35.9 Å². The lowest BCUT2D eigenvalue weighted by molar-refractivity contribution is -0.117. The normalized spacial score (nSPS) is 11.3. The molecular formula is C21H28ClN3O3. The van der Waals surface area contributed by atoms with Crippen molar-refractivity contribution in [3.05, 3.63) is 54.1 Å². The molecule has 0 aromatic heterocycles. The van der Waals surface area contributed by atoms with Crippen molar-refractivity contribution in [2.24, 2.45) is 11.7 Å². The van der Waals surface area contributed by atoms with Crippen LogP contribution in [0.15, 0.2) is 48.5 Å². The number of rotatable bonds is 8. The number of hydrogen-bond donors (Lipinski definition) is 3. The number of halogens is 1. The van der Waals surface area contributed by atoms with Crippen molar-refractivity contribution in [3.8, 4) is 5.75 Å². The van der Waals surface area contributed by atoms with Gasteiger partial charge in [-0.2, -0.15) is 0 Å². The molecule has 7 heteroatoms. The molecule has 1 atom stereocenters. The second-order valence-electron chi connectivity index (χ2n) is 6.71. The first-order valence-corrected chi connectivity index (χ1v) is 9.09. The Kier molecular flexibility index (Phi) is 9.48. The number of benzene rings is 2. The average molecular weight is 406 g/mol. The number of carbonyl (C=O) groups is 2. The number of nitrogens with one attached hydrogen (secondary N) is 2. The summed E-state index contributed by atoms with van der Waals surface area (Å²) >= 11 is 0. The Morgan fingerprint density at radius 3 is 2.04 bits per heavy atom. The minimum Gasteiger partial charge on any atom is -0.494 e. The molecule has 0 unspecified atom stereocenters. The van der Waals surface area contributed by atoms with E-state index in [9.17, 15) is 9.59 Å². The summed E-state index contributed by atoms with van der Waals surface area (Å²) < 4.78 is 5.38. The third kappa shape index (κ3) is 7.21. The van der Waals surface area contributed by atoms with Gasteiger partial charge in [0.05, 0.1) is 12.6 Å². The smallest absolute Gasteiger partial charge is 0.255 e. The highest BCUT2D eigenvalue weighted by Gasteiger charge is 2.15. The molecule has 0 heterocycles. The highest BCUT2D eigenvalue weighted by Crippen LogP contribution is 2.17. The third-order valence-electron chi connectivity index (χ3n) is 3.90. The van der Waals surface area contributed by atoms with Gasteiger partial charge in [-0.25, -0.2) is 0 Å². The van der Waals surface area contributed by atoms with Gasteiger partial charge in [-0.05, 0) is 67.8 Å². The Labute approximate surface area is 172 Å². The summed E-state index contributed by atoms with van der Waals surface area (Å²) in [7, 11) is 0. The number of carbonyl (C=O) groups excluding carboxylic acids is 2. The van der Waals surface area contributed by atoms with E-state index in [1.165, 1.54) is 0 Å². The number of ether oxygens (including phenoxy) is 1. The first-order chi connectivity index (χ1) is 12.9. The minimum atomic E-state index is -0.548. The molecule has 2 aromatic carbocycles. The van der Waals surface area contributed by atoms with Crippen molar-refractivity contribution < 1.29 is 14.3 Å². The number of nitrogens with two attached hydrogens (primary N) is 1. The first kappa shape index (κ1) is 23.5. The first-order valence-electron chi connectivity index (χ1n) is 9.09. The summed E-state index contributed by atoms with van der Waals surface area (Å²) in [6.45, 7) is 6.55. The molecule has 0 fully saturated rings. The molecule has 0 spiro atoms. The van der Waals surface area contributed by atoms with E-state index in [2.05, 4.69) is 10.6 Å². The largest absolute Gasteiger partial charge is 0.494 e. The lowest BCUT2D eigenvalue weighted by atomic mass is 10.0. The lowest BCUT2D eigenvalue weighted by Crippen LogP contribution is -2.36. The molecule has 28 heavy (non-hydrogen) atoms. The molecule has 0 aliphatic heterocycles. The van der Waals surface area contributed by atoms with E-state index in [1.807, 2.05) is 20.8 Å². The van der Waals surface area contributed by atoms with Gasteiger partial charge >= 0.3 is 0 Å². The molecule has 0 bridgehead atoms. The molecule has 0 aliphatic carbocycles. The summed E-state index contributed by atoms with van der Waals surface area (Å²) in [6, 6.07) is 13.3. The summed E-state index contributed by atoms with van der Waals surface area (Å²) in [5.74, 6) is 0.648. The van der Waals surface area contributed by atoms with Crippen LogP contribution in [0.4, 0.5) is 11.4 Å². The van der Waals surface area contributed by atoms with Gasteiger partial charge in [0.2, 0.25) is 5.91 Å². The molecule has 0 aliphatic rings. The maximum Gasteiger partial charge on any atom is 0.255 e. The van der Waals surface area contributed by atoms with Crippen LogP contribution >= 0.6 is 12.4 Å². The maximum absolute atomic E-state index is 12.3. The van der Waals surface area contributed by atoms with Crippen LogP contribution in [-0.4, -0.2) is 24.5 Å². The fourth-order valence-corrected chi connectivity index (χ4v) is 2.56. The van der Waals surface area contributed by atoms with Crippen LogP contribution in [0.25, 0.3) is 0 Å². The highest BCUT2D eigenvalue weighted by molar-refractivity contribution is 6.04. The van der Waals surface area contributed by atoms with Crippen molar-refractivity contribution in [2.45, 2.75) is 33.2 Å². The van der Waals surface area contributed by atoms with Gasteiger partial charge in [-0.15, -0.1) is 12.4 Å². The van der Waals surface area contributed by atoms with Crippen molar-refractivity contribution in [2.75, 3.05) is 17.2 Å². The predicted octanol–water partition coefficient (Wildman–Crippen LogP) is 4.07. The van der Waals surface area contributed by atoms with Gasteiger partial charge < -0.3 is 21.1 Å². The zero-order valence-electron chi connectivity index (χ0n) is 16.4. The summed E-state index contributed by atoms with van der Waals surface area (Å²) in [6.07, 6.45) is 0.619. The standard InChI is InChI=1S/C21H27N3O3.ClH/c1-4-27-18-11-9-17(10-12-18)23-20(25)15-5-7-16(8-6-15)24-21(26)19(22)13-14(2)3;/h5-12,14,19H,4,13,22H2,1-3H3,(H,23,25)(H,24,26);1H/t19-;/m0./s1. The van der Waals surface area contributed by atoms with Crippen LogP contribution in [0.5, 0.6) is 5.75 Å². The topological polar surface area (TPSA) is 93.5 Å². The molecule has 0 saturated heterocycles. The van der Waals surface area contributed by atoms with Gasteiger partial charge in [0.25, 0.3) is 5.91 Å². The molecule has 2 rings (SSSR count). The number of hydrogen-bond acceptors (Lipinski definition) is 4. The van der Waals surface area contributed by atoms with Crippen LogP contribution in [0.1, 0.15) is 37.6 Å². The molecule has 2 amide bonds. The Hall–Kier alpha value is -2.57. The SMILES string of the molecule is CCOc1ccc(NC(=O)c2ccc(NC(=O)[C@@H](N)CC(C)C)cc2)cc1.Cl. The van der Waals surface area contributed by atoms with Gasteiger partial charge in [-0.1, -0.05) is 13.8 Å². The Morgan fingerprint density at radius 1 is 0.964 bits per heavy atom. The van der Waals surface area contributed by atoms with Crippen molar-refractivity contribution in [1.29, 1.82) is 0 Å². The van der Waals surface area contributed by atoms with Crippen molar-refractivity contribution in [3.63, 3.8) is 0 Å². The predicted molar refractivity (Wildman–Crippen MR) is 115 cm³/mol. The molecule has 152 valence electrons. The van der Waals surface area contributed by atoms with Crippen LogP contribution in [0.2, 0.25) is 0 Å². The minimum absolute atomic E-state index is 0. The van der Waals surface area contributed by atoms with E-state index in [-0.39, 0.29) is 24.2 Å². The monoisotopic (exact) mass is 405 g/mol. The molecule has 4 N–H and O–H groups in total. The van der Waals surface area contributed by atoms with E-state index in [0.717, 1.165) is 5.75 Å². The van der Waals surface area contributed by atoms with Crippen LogP contribution in [-0.2, 0) is 4.79 Å². The summed E-state index contributed by atoms with van der Waals surface area (Å²) in [5.41, 5.74) is 7.66. The van der Waals surface area contributed by atoms with E-state index in [4.69, 9.17) is 10.5 Å². The van der Waals surface area contributed by atoms with Crippen molar-refractivity contribution in [1.82, 2.24) is 0 Å². The zero-order valence-corrected chi connectivity index (χ0v) is 17.2. The molecule has 0 saturated carbocycles. The zero-order chi connectivity index (χ0) is 19.8. The van der Waals surface area contributed by atoms with Crippen LogP contribution in [0.3, 0.4) is 0 Å². The number of anilines is 2. The molecule has 2 aromatic rings. The fraction of sp³-hybridized carbons (Fsp3) is 0.333. The van der Waals surface area contributed by atoms with Crippen LogP contribution < -0.4 is 21.1 Å². The van der Waals surface area contributed by atoms with E-state index >= 15 is 0 Å². The highest BCUT2D eigenvalue weighted by atomic mass is 35.5. The van der Waals surface area contributed by atoms with Gasteiger partial charge in [-0.3, -0.25) is 9.59 Å². The lowest BCUT2D eigenvalue weighted by Gasteiger charge is -2.14. The molecule has 6 nitrogen and oxygen atoms in total. The van der Waals surface area contributed by atoms with E-state index < -0.39 is 6.04 Å². The Morgan fingerprint density at radius 2 is 1.50 bits per heavy atom.